The summed E-state index contributed by atoms with van der Waals surface area (Å²) in [6, 6.07) is 13.8. The Hall–Kier alpha value is -3.02. The van der Waals surface area contributed by atoms with E-state index in [9.17, 15) is 9.59 Å². The first kappa shape index (κ1) is 16.4. The fourth-order valence-electron chi connectivity index (χ4n) is 1.98. The van der Waals surface area contributed by atoms with Crippen molar-refractivity contribution >= 4 is 29.0 Å². The fraction of sp³-hybridized carbons (Fsp3) is 0.176. The van der Waals surface area contributed by atoms with E-state index in [0.717, 1.165) is 5.69 Å². The van der Waals surface area contributed by atoms with Crippen molar-refractivity contribution < 1.29 is 14.3 Å². The van der Waals surface area contributed by atoms with Gasteiger partial charge < -0.3 is 20.3 Å². The Balaban J connectivity index is 2.02. The Labute approximate surface area is 135 Å². The molecule has 0 aliphatic carbocycles. The van der Waals surface area contributed by atoms with Gasteiger partial charge in [-0.3, -0.25) is 4.79 Å². The van der Waals surface area contributed by atoms with Crippen LogP contribution in [0.25, 0.3) is 0 Å². The minimum atomic E-state index is -0.373. The molecule has 0 aromatic heterocycles. The van der Waals surface area contributed by atoms with Crippen LogP contribution in [0.3, 0.4) is 0 Å². The first-order chi connectivity index (χ1) is 11.0. The third-order valence-corrected chi connectivity index (χ3v) is 3.34. The summed E-state index contributed by atoms with van der Waals surface area (Å²) in [7, 11) is 3.24. The van der Waals surface area contributed by atoms with E-state index in [4.69, 9.17) is 4.74 Å². The molecule has 0 aliphatic heterocycles. The largest absolute Gasteiger partial charge is 0.495 e. The highest BCUT2D eigenvalue weighted by molar-refractivity contribution is 6.01. The molecule has 0 bridgehead atoms. The van der Waals surface area contributed by atoms with Gasteiger partial charge in [0.15, 0.2) is 0 Å². The number of carbonyl (C=O) groups excluding carboxylic acids is 2. The Morgan fingerprint density at radius 1 is 1.00 bits per heavy atom. The number of para-hydroxylation sites is 2. The summed E-state index contributed by atoms with van der Waals surface area (Å²) < 4.78 is 5.18. The van der Waals surface area contributed by atoms with Crippen LogP contribution in [-0.2, 0) is 4.79 Å². The van der Waals surface area contributed by atoms with E-state index < -0.39 is 0 Å². The van der Waals surface area contributed by atoms with Crippen molar-refractivity contribution in [3.8, 4) is 5.75 Å². The summed E-state index contributed by atoms with van der Waals surface area (Å²) in [4.78, 5) is 24.9. The number of methoxy groups -OCH3 is 1. The average molecular weight is 313 g/mol. The molecule has 6 nitrogen and oxygen atoms in total. The molecule has 0 unspecified atom stereocenters. The van der Waals surface area contributed by atoms with Crippen molar-refractivity contribution in [2.24, 2.45) is 0 Å². The molecule has 3 amide bonds. The van der Waals surface area contributed by atoms with Crippen LogP contribution in [-0.4, -0.2) is 26.1 Å². The molecule has 0 saturated heterocycles. The van der Waals surface area contributed by atoms with Gasteiger partial charge in [0, 0.05) is 25.3 Å². The molecule has 0 heterocycles. The Kier molecular flexibility index (Phi) is 5.19. The van der Waals surface area contributed by atoms with Gasteiger partial charge in [0.2, 0.25) is 5.91 Å². The average Bonchev–Trinajstić information content (AvgIpc) is 2.55. The zero-order valence-corrected chi connectivity index (χ0v) is 13.3. The maximum atomic E-state index is 12.0. The number of benzene rings is 2. The summed E-state index contributed by atoms with van der Waals surface area (Å²) >= 11 is 0. The van der Waals surface area contributed by atoms with Gasteiger partial charge in [0.25, 0.3) is 0 Å². The number of anilines is 3. The Morgan fingerprint density at radius 2 is 1.65 bits per heavy atom. The Bertz CT molecular complexity index is 698. The smallest absolute Gasteiger partial charge is 0.323 e. The van der Waals surface area contributed by atoms with E-state index in [1.165, 1.54) is 11.8 Å². The highest BCUT2D eigenvalue weighted by atomic mass is 16.5. The van der Waals surface area contributed by atoms with E-state index >= 15 is 0 Å². The summed E-state index contributed by atoms with van der Waals surface area (Å²) in [6.07, 6.45) is 0. The highest BCUT2D eigenvalue weighted by Gasteiger charge is 2.08. The van der Waals surface area contributed by atoms with Crippen molar-refractivity contribution in [1.29, 1.82) is 0 Å². The number of urea groups is 1. The van der Waals surface area contributed by atoms with Crippen LogP contribution in [0, 0.1) is 0 Å². The van der Waals surface area contributed by atoms with Crippen molar-refractivity contribution in [2.75, 3.05) is 29.7 Å². The lowest BCUT2D eigenvalue weighted by atomic mass is 10.2. The van der Waals surface area contributed by atoms with E-state index in [0.29, 0.717) is 17.1 Å². The number of hydrogen-bond acceptors (Lipinski definition) is 3. The van der Waals surface area contributed by atoms with Gasteiger partial charge in [-0.2, -0.15) is 0 Å². The summed E-state index contributed by atoms with van der Waals surface area (Å²) in [5, 5.41) is 5.45. The number of nitrogens with zero attached hydrogens (tertiary/aromatic N) is 1. The van der Waals surface area contributed by atoms with Crippen LogP contribution < -0.4 is 20.3 Å². The molecule has 23 heavy (non-hydrogen) atoms. The maximum Gasteiger partial charge on any atom is 0.323 e. The van der Waals surface area contributed by atoms with E-state index in [-0.39, 0.29) is 11.9 Å². The molecule has 0 radical (unpaired) electrons. The van der Waals surface area contributed by atoms with Crippen LogP contribution in [0.2, 0.25) is 0 Å². The molecular formula is C17H19N3O3. The molecule has 0 atom stereocenters. The van der Waals surface area contributed by atoms with Crippen molar-refractivity contribution in [1.82, 2.24) is 0 Å². The number of nitrogens with one attached hydrogen (secondary N) is 2. The molecule has 120 valence electrons. The predicted molar refractivity (Wildman–Crippen MR) is 91.2 cm³/mol. The highest BCUT2D eigenvalue weighted by Crippen LogP contribution is 2.23. The second-order valence-electron chi connectivity index (χ2n) is 4.90. The summed E-state index contributed by atoms with van der Waals surface area (Å²) in [5.41, 5.74) is 1.96. The second-order valence-corrected chi connectivity index (χ2v) is 4.90. The van der Waals surface area contributed by atoms with Crippen LogP contribution >= 0.6 is 0 Å². The van der Waals surface area contributed by atoms with Crippen molar-refractivity contribution in [3.05, 3.63) is 48.5 Å². The molecule has 6 heteroatoms. The Morgan fingerprint density at radius 3 is 2.26 bits per heavy atom. The quantitative estimate of drug-likeness (QED) is 0.909. The van der Waals surface area contributed by atoms with Crippen molar-refractivity contribution in [2.45, 2.75) is 6.92 Å². The lowest BCUT2D eigenvalue weighted by Gasteiger charge is -2.15. The number of rotatable bonds is 4. The molecular weight excluding hydrogens is 294 g/mol. The van der Waals surface area contributed by atoms with Gasteiger partial charge in [-0.25, -0.2) is 4.79 Å². The minimum Gasteiger partial charge on any atom is -0.495 e. The van der Waals surface area contributed by atoms with Gasteiger partial charge in [0.1, 0.15) is 5.75 Å². The molecule has 0 aliphatic rings. The fourth-order valence-corrected chi connectivity index (χ4v) is 1.98. The molecule has 2 rings (SSSR count). The van der Waals surface area contributed by atoms with E-state index in [2.05, 4.69) is 10.6 Å². The van der Waals surface area contributed by atoms with E-state index in [1.54, 1.807) is 50.6 Å². The molecule has 2 aromatic carbocycles. The standard InChI is InChI=1S/C17H19N3O3/c1-12(21)20(2)14-10-8-13(9-11-14)18-17(22)19-15-6-4-5-7-16(15)23-3/h4-11H,1-3H3,(H2,18,19,22). The minimum absolute atomic E-state index is 0.0559. The normalized spacial score (nSPS) is 9.87. The van der Waals surface area contributed by atoms with Crippen LogP contribution in [0.1, 0.15) is 6.92 Å². The third-order valence-electron chi connectivity index (χ3n) is 3.34. The number of amides is 3. The molecule has 2 aromatic rings. The molecule has 0 saturated carbocycles. The molecule has 0 spiro atoms. The molecule has 0 fully saturated rings. The first-order valence-electron chi connectivity index (χ1n) is 7.06. The van der Waals surface area contributed by atoms with Gasteiger partial charge in [0.05, 0.1) is 12.8 Å². The SMILES string of the molecule is COc1ccccc1NC(=O)Nc1ccc(N(C)C(C)=O)cc1. The number of hydrogen-bond donors (Lipinski definition) is 2. The second kappa shape index (κ2) is 7.31. The van der Waals surface area contributed by atoms with Gasteiger partial charge in [-0.1, -0.05) is 12.1 Å². The van der Waals surface area contributed by atoms with Gasteiger partial charge in [-0.15, -0.1) is 0 Å². The predicted octanol–water partition coefficient (Wildman–Crippen LogP) is 3.32. The zero-order valence-electron chi connectivity index (χ0n) is 13.3. The topological polar surface area (TPSA) is 70.7 Å². The first-order valence-corrected chi connectivity index (χ1v) is 7.06. The van der Waals surface area contributed by atoms with E-state index in [1.807, 2.05) is 12.1 Å². The summed E-state index contributed by atoms with van der Waals surface area (Å²) in [6.45, 7) is 1.49. The third kappa shape index (κ3) is 4.23. The van der Waals surface area contributed by atoms with Gasteiger partial charge >= 0.3 is 6.03 Å². The lowest BCUT2D eigenvalue weighted by molar-refractivity contribution is -0.116. The zero-order chi connectivity index (χ0) is 16.8. The number of ether oxygens (including phenoxy) is 1. The monoisotopic (exact) mass is 313 g/mol. The van der Waals surface area contributed by atoms with Crippen LogP contribution in [0.4, 0.5) is 21.9 Å². The van der Waals surface area contributed by atoms with Crippen LogP contribution in [0.5, 0.6) is 5.75 Å². The van der Waals surface area contributed by atoms with Crippen LogP contribution in [0.15, 0.2) is 48.5 Å². The lowest BCUT2D eigenvalue weighted by Crippen LogP contribution is -2.23. The maximum absolute atomic E-state index is 12.0. The molecule has 2 N–H and O–H groups in total. The summed E-state index contributed by atoms with van der Waals surface area (Å²) in [5.74, 6) is 0.528. The number of carbonyl (C=O) groups is 2. The van der Waals surface area contributed by atoms with Gasteiger partial charge in [-0.05, 0) is 36.4 Å². The van der Waals surface area contributed by atoms with Crippen molar-refractivity contribution in [3.63, 3.8) is 0 Å².